The fourth-order valence-electron chi connectivity index (χ4n) is 3.17. The number of hydrogen-bond acceptors (Lipinski definition) is 5. The van der Waals surface area contributed by atoms with E-state index in [-0.39, 0.29) is 5.92 Å². The number of amidine groups is 1. The van der Waals surface area contributed by atoms with Gasteiger partial charge in [0.15, 0.2) is 17.3 Å². The van der Waals surface area contributed by atoms with Crippen LogP contribution in [0, 0.1) is 12.8 Å². The van der Waals surface area contributed by atoms with Gasteiger partial charge in [0.1, 0.15) is 10.7 Å². The third-order valence-corrected chi connectivity index (χ3v) is 4.90. The molecular formula is C20H18N2O3S. The molecular weight excluding hydrogens is 348 g/mol. The maximum atomic E-state index is 6.04. The maximum Gasteiger partial charge on any atom is 0.207 e. The average Bonchev–Trinajstić information content (AvgIpc) is 2.66. The van der Waals surface area contributed by atoms with E-state index in [1.54, 1.807) is 14.2 Å². The number of aryl methyl sites for hydroxylation is 1. The summed E-state index contributed by atoms with van der Waals surface area (Å²) in [6, 6.07) is 11.7. The Bertz CT molecular complexity index is 966. The molecule has 5 nitrogen and oxygen atoms in total. The van der Waals surface area contributed by atoms with E-state index < -0.39 is 0 Å². The molecule has 0 spiro atoms. The zero-order valence-electron chi connectivity index (χ0n) is 14.8. The van der Waals surface area contributed by atoms with E-state index >= 15 is 0 Å². The molecule has 26 heavy (non-hydrogen) atoms. The first-order chi connectivity index (χ1) is 12.6. The van der Waals surface area contributed by atoms with Crippen LogP contribution in [0.4, 0.5) is 0 Å². The molecule has 2 heterocycles. The topological polar surface area (TPSA) is 52.4 Å². The first-order valence-electron chi connectivity index (χ1n) is 8.30. The summed E-state index contributed by atoms with van der Waals surface area (Å²) < 4.78 is 16.7. The van der Waals surface area contributed by atoms with Gasteiger partial charge in [-0.1, -0.05) is 29.9 Å². The summed E-state index contributed by atoms with van der Waals surface area (Å²) in [6.45, 7) is 2.07. The van der Waals surface area contributed by atoms with Crippen LogP contribution in [-0.2, 0) is 6.42 Å². The number of methoxy groups -OCH3 is 2. The minimum atomic E-state index is -0.0943. The monoisotopic (exact) mass is 366 g/mol. The van der Waals surface area contributed by atoms with Crippen molar-refractivity contribution in [3.8, 4) is 17.2 Å². The number of aliphatic imine (C=N–C) groups is 2. The van der Waals surface area contributed by atoms with Gasteiger partial charge in [-0.2, -0.15) is 4.99 Å². The van der Waals surface area contributed by atoms with E-state index in [0.717, 1.165) is 23.3 Å². The second-order valence-corrected chi connectivity index (χ2v) is 6.68. The SMILES string of the molecule is COc1ccc(C2=NC(=S)C3Cc4cc(C)ccc4OC3=N2)cc1OC. The minimum absolute atomic E-state index is 0.0943. The van der Waals surface area contributed by atoms with E-state index in [1.807, 2.05) is 30.3 Å². The van der Waals surface area contributed by atoms with Crippen LogP contribution in [0.1, 0.15) is 16.7 Å². The predicted octanol–water partition coefficient (Wildman–Crippen LogP) is 3.75. The summed E-state index contributed by atoms with van der Waals surface area (Å²) in [7, 11) is 3.20. The van der Waals surface area contributed by atoms with Gasteiger partial charge in [0.05, 0.1) is 20.1 Å². The Morgan fingerprint density at radius 3 is 2.62 bits per heavy atom. The van der Waals surface area contributed by atoms with Gasteiger partial charge in [0.2, 0.25) is 5.90 Å². The lowest BCUT2D eigenvalue weighted by Gasteiger charge is -2.28. The highest BCUT2D eigenvalue weighted by Gasteiger charge is 2.33. The molecule has 2 aromatic rings. The quantitative estimate of drug-likeness (QED) is 0.777. The molecule has 1 unspecified atom stereocenters. The average molecular weight is 366 g/mol. The molecule has 0 N–H and O–H groups in total. The first kappa shape index (κ1) is 16.7. The van der Waals surface area contributed by atoms with Crippen LogP contribution in [0.2, 0.25) is 0 Å². The maximum absolute atomic E-state index is 6.04. The fraction of sp³-hybridized carbons (Fsp3) is 0.250. The van der Waals surface area contributed by atoms with Crippen molar-refractivity contribution in [2.75, 3.05) is 14.2 Å². The lowest BCUT2D eigenvalue weighted by Crippen LogP contribution is -2.36. The highest BCUT2D eigenvalue weighted by Crippen LogP contribution is 2.33. The van der Waals surface area contributed by atoms with Crippen molar-refractivity contribution >= 4 is 28.9 Å². The van der Waals surface area contributed by atoms with Crippen LogP contribution >= 0.6 is 12.2 Å². The molecule has 0 bridgehead atoms. The van der Waals surface area contributed by atoms with Gasteiger partial charge in [-0.3, -0.25) is 0 Å². The summed E-state index contributed by atoms with van der Waals surface area (Å²) in [4.78, 5) is 9.77. The van der Waals surface area contributed by atoms with Crippen LogP contribution in [0.3, 0.4) is 0 Å². The molecule has 0 fully saturated rings. The third-order valence-electron chi connectivity index (χ3n) is 4.52. The van der Waals surface area contributed by atoms with Crippen LogP contribution in [-0.4, -0.2) is 30.9 Å². The van der Waals surface area contributed by atoms with Gasteiger partial charge in [-0.15, -0.1) is 0 Å². The zero-order chi connectivity index (χ0) is 18.3. The molecule has 6 heteroatoms. The summed E-state index contributed by atoms with van der Waals surface area (Å²) in [5, 5.41) is 0. The second-order valence-electron chi connectivity index (χ2n) is 6.26. The predicted molar refractivity (Wildman–Crippen MR) is 105 cm³/mol. The molecule has 132 valence electrons. The smallest absolute Gasteiger partial charge is 0.207 e. The van der Waals surface area contributed by atoms with Crippen molar-refractivity contribution in [2.45, 2.75) is 13.3 Å². The number of thiocarbonyl (C=S) groups is 1. The Morgan fingerprint density at radius 1 is 1.04 bits per heavy atom. The summed E-state index contributed by atoms with van der Waals surface area (Å²) in [5.41, 5.74) is 3.14. The molecule has 0 radical (unpaired) electrons. The highest BCUT2D eigenvalue weighted by molar-refractivity contribution is 7.80. The fourth-order valence-corrected chi connectivity index (χ4v) is 3.44. The van der Waals surface area contributed by atoms with Crippen molar-refractivity contribution in [2.24, 2.45) is 15.9 Å². The van der Waals surface area contributed by atoms with Crippen LogP contribution in [0.15, 0.2) is 46.4 Å². The van der Waals surface area contributed by atoms with Gasteiger partial charge in [-0.25, -0.2) is 4.99 Å². The Labute approximate surface area is 157 Å². The summed E-state index contributed by atoms with van der Waals surface area (Å²) in [5.74, 6) is 3.14. The van der Waals surface area contributed by atoms with Gasteiger partial charge >= 0.3 is 0 Å². The second kappa shape index (κ2) is 6.53. The van der Waals surface area contributed by atoms with Gasteiger partial charge in [0.25, 0.3) is 0 Å². The van der Waals surface area contributed by atoms with Crippen molar-refractivity contribution < 1.29 is 14.2 Å². The number of rotatable bonds is 3. The van der Waals surface area contributed by atoms with Crippen LogP contribution < -0.4 is 14.2 Å². The Hall–Kier alpha value is -2.73. The van der Waals surface area contributed by atoms with E-state index in [9.17, 15) is 0 Å². The summed E-state index contributed by atoms with van der Waals surface area (Å²) in [6.07, 6.45) is 0.761. The van der Waals surface area contributed by atoms with E-state index in [1.165, 1.54) is 5.56 Å². The molecule has 2 aliphatic rings. The first-order valence-corrected chi connectivity index (χ1v) is 8.71. The Kier molecular flexibility index (Phi) is 4.20. The lowest BCUT2D eigenvalue weighted by atomic mass is 9.93. The van der Waals surface area contributed by atoms with Crippen LogP contribution in [0.5, 0.6) is 17.2 Å². The third kappa shape index (κ3) is 2.86. The van der Waals surface area contributed by atoms with Gasteiger partial charge in [-0.05, 0) is 43.2 Å². The zero-order valence-corrected chi connectivity index (χ0v) is 15.6. The minimum Gasteiger partial charge on any atom is -0.493 e. The molecule has 2 aromatic carbocycles. The number of nitrogens with zero attached hydrogens (tertiary/aromatic N) is 2. The molecule has 1 atom stereocenters. The van der Waals surface area contributed by atoms with Gasteiger partial charge < -0.3 is 14.2 Å². The van der Waals surface area contributed by atoms with Gasteiger partial charge in [0, 0.05) is 5.56 Å². The van der Waals surface area contributed by atoms with Crippen molar-refractivity contribution in [3.05, 3.63) is 53.1 Å². The molecule has 0 amide bonds. The molecule has 0 aromatic heterocycles. The molecule has 0 aliphatic carbocycles. The molecule has 4 rings (SSSR count). The number of benzene rings is 2. The standard InChI is InChI=1S/C20H18N2O3S/c1-11-4-6-15-13(8-11)9-14-19(25-15)21-18(22-20(14)26)12-5-7-16(23-2)17(10-12)24-3/h4-8,10,14H,9H2,1-3H3. The lowest BCUT2D eigenvalue weighted by molar-refractivity contribution is 0.355. The van der Waals surface area contributed by atoms with E-state index in [2.05, 4.69) is 23.0 Å². The number of fused-ring (bicyclic) bond motifs is 2. The Morgan fingerprint density at radius 2 is 1.85 bits per heavy atom. The summed E-state index contributed by atoms with van der Waals surface area (Å²) >= 11 is 5.55. The van der Waals surface area contributed by atoms with E-state index in [4.69, 9.17) is 26.4 Å². The van der Waals surface area contributed by atoms with Crippen LogP contribution in [0.25, 0.3) is 0 Å². The van der Waals surface area contributed by atoms with Crippen molar-refractivity contribution in [1.29, 1.82) is 0 Å². The van der Waals surface area contributed by atoms with E-state index in [0.29, 0.717) is 28.2 Å². The Balaban J connectivity index is 1.71. The molecule has 0 saturated heterocycles. The number of ether oxygens (including phenoxy) is 3. The van der Waals surface area contributed by atoms with Crippen molar-refractivity contribution in [1.82, 2.24) is 0 Å². The number of hydrogen-bond donors (Lipinski definition) is 0. The van der Waals surface area contributed by atoms with Crippen molar-refractivity contribution in [3.63, 3.8) is 0 Å². The highest BCUT2D eigenvalue weighted by atomic mass is 32.1. The molecule has 2 aliphatic heterocycles. The normalized spacial score (nSPS) is 18.1. The molecule has 0 saturated carbocycles. The largest absolute Gasteiger partial charge is 0.493 e.